The maximum Gasteiger partial charge on any atom is 0.329 e. The normalized spacial score (nSPS) is 14.9. The van der Waals surface area contributed by atoms with Crippen molar-refractivity contribution in [3.05, 3.63) is 24.3 Å². The Hall–Kier alpha value is -1.69. The molecular formula is C15H21NO4S. The molecule has 1 aromatic carbocycles. The van der Waals surface area contributed by atoms with E-state index in [0.717, 1.165) is 4.90 Å². The van der Waals surface area contributed by atoms with E-state index < -0.39 is 23.5 Å². The van der Waals surface area contributed by atoms with Gasteiger partial charge in [-0.3, -0.25) is 4.79 Å². The largest absolute Gasteiger partial charge is 0.481 e. The number of carbonyl (C=O) groups excluding carboxylic acids is 1. The maximum absolute atomic E-state index is 12.0. The van der Waals surface area contributed by atoms with Crippen molar-refractivity contribution in [3.8, 4) is 5.75 Å². The minimum atomic E-state index is -1.28. The van der Waals surface area contributed by atoms with E-state index in [-0.39, 0.29) is 0 Å². The summed E-state index contributed by atoms with van der Waals surface area (Å²) >= 11 is 1.62. The standard InChI is InChI=1S/C15H21NO4S/c1-5-15(3,14(18)19)16-13(17)10(2)20-11-6-8-12(21-4)9-7-11/h6-10H,5H2,1-4H3,(H,16,17)(H,18,19). The summed E-state index contributed by atoms with van der Waals surface area (Å²) in [6.45, 7) is 4.78. The molecule has 0 fully saturated rings. The van der Waals surface area contributed by atoms with Crippen LogP contribution < -0.4 is 10.1 Å². The lowest BCUT2D eigenvalue weighted by molar-refractivity contribution is -0.148. The lowest BCUT2D eigenvalue weighted by Crippen LogP contribution is -2.54. The fourth-order valence-electron chi connectivity index (χ4n) is 1.58. The number of amides is 1. The molecule has 0 heterocycles. The monoisotopic (exact) mass is 311 g/mol. The quantitative estimate of drug-likeness (QED) is 0.757. The highest BCUT2D eigenvalue weighted by molar-refractivity contribution is 7.98. The van der Waals surface area contributed by atoms with Gasteiger partial charge in [0.25, 0.3) is 5.91 Å². The van der Waals surface area contributed by atoms with Crippen LogP contribution in [0.25, 0.3) is 0 Å². The summed E-state index contributed by atoms with van der Waals surface area (Å²) in [5.41, 5.74) is -1.28. The predicted octanol–water partition coefficient (Wildman–Crippen LogP) is 2.55. The molecule has 0 aromatic heterocycles. The Labute approximate surface area is 129 Å². The van der Waals surface area contributed by atoms with Crippen LogP contribution in [0.1, 0.15) is 27.2 Å². The average Bonchev–Trinajstić information content (AvgIpc) is 2.47. The third kappa shape index (κ3) is 4.67. The van der Waals surface area contributed by atoms with Gasteiger partial charge in [-0.1, -0.05) is 6.92 Å². The van der Waals surface area contributed by atoms with Crippen molar-refractivity contribution >= 4 is 23.6 Å². The van der Waals surface area contributed by atoms with Gasteiger partial charge in [-0.05, 0) is 50.8 Å². The fourth-order valence-corrected chi connectivity index (χ4v) is 1.99. The molecule has 2 atom stereocenters. The molecule has 116 valence electrons. The van der Waals surface area contributed by atoms with Crippen molar-refractivity contribution in [2.24, 2.45) is 0 Å². The molecule has 0 bridgehead atoms. The highest BCUT2D eigenvalue weighted by Crippen LogP contribution is 2.20. The van der Waals surface area contributed by atoms with E-state index in [2.05, 4.69) is 5.32 Å². The van der Waals surface area contributed by atoms with E-state index in [1.54, 1.807) is 37.7 Å². The molecule has 0 saturated carbocycles. The van der Waals surface area contributed by atoms with Crippen LogP contribution in [0.3, 0.4) is 0 Å². The predicted molar refractivity (Wildman–Crippen MR) is 82.8 cm³/mol. The first-order valence-corrected chi connectivity index (χ1v) is 7.91. The van der Waals surface area contributed by atoms with Gasteiger partial charge < -0.3 is 15.2 Å². The van der Waals surface area contributed by atoms with Crippen LogP contribution in [0.4, 0.5) is 0 Å². The molecule has 2 unspecified atom stereocenters. The Balaban J connectivity index is 2.67. The van der Waals surface area contributed by atoms with Gasteiger partial charge in [-0.2, -0.15) is 0 Å². The SMILES string of the molecule is CCC(C)(NC(=O)C(C)Oc1ccc(SC)cc1)C(=O)O. The fraction of sp³-hybridized carbons (Fsp3) is 0.467. The van der Waals surface area contributed by atoms with Crippen molar-refractivity contribution in [2.75, 3.05) is 6.26 Å². The third-order valence-corrected chi connectivity index (χ3v) is 4.06. The number of hydrogen-bond acceptors (Lipinski definition) is 4. The second kappa shape index (κ2) is 7.36. The van der Waals surface area contributed by atoms with Crippen LogP contribution in [0.15, 0.2) is 29.2 Å². The van der Waals surface area contributed by atoms with Gasteiger partial charge in [0.05, 0.1) is 0 Å². The van der Waals surface area contributed by atoms with E-state index in [4.69, 9.17) is 9.84 Å². The van der Waals surface area contributed by atoms with Crippen LogP contribution >= 0.6 is 11.8 Å². The number of hydrogen-bond donors (Lipinski definition) is 2. The molecule has 2 N–H and O–H groups in total. The second-order valence-electron chi connectivity index (χ2n) is 4.92. The van der Waals surface area contributed by atoms with Gasteiger partial charge in [-0.25, -0.2) is 4.79 Å². The van der Waals surface area contributed by atoms with E-state index in [1.165, 1.54) is 6.92 Å². The second-order valence-corrected chi connectivity index (χ2v) is 5.80. The molecule has 1 rings (SSSR count). The van der Waals surface area contributed by atoms with Gasteiger partial charge >= 0.3 is 5.97 Å². The first kappa shape index (κ1) is 17.4. The minimum absolute atomic E-state index is 0.295. The molecule has 1 aromatic rings. The first-order chi connectivity index (χ1) is 9.82. The number of carbonyl (C=O) groups is 2. The van der Waals surface area contributed by atoms with E-state index in [1.807, 2.05) is 18.4 Å². The smallest absolute Gasteiger partial charge is 0.329 e. The van der Waals surface area contributed by atoms with Gasteiger partial charge in [-0.15, -0.1) is 11.8 Å². The number of thioether (sulfide) groups is 1. The molecule has 0 radical (unpaired) electrons. The molecule has 0 aliphatic carbocycles. The van der Waals surface area contributed by atoms with Crippen LogP contribution in [-0.2, 0) is 9.59 Å². The third-order valence-electron chi connectivity index (χ3n) is 3.32. The molecule has 21 heavy (non-hydrogen) atoms. The van der Waals surface area contributed by atoms with E-state index in [0.29, 0.717) is 12.2 Å². The summed E-state index contributed by atoms with van der Waals surface area (Å²) < 4.78 is 5.53. The van der Waals surface area contributed by atoms with Crippen molar-refractivity contribution < 1.29 is 19.4 Å². The highest BCUT2D eigenvalue weighted by atomic mass is 32.2. The molecule has 5 nitrogen and oxygen atoms in total. The Morgan fingerprint density at radius 3 is 2.38 bits per heavy atom. The lowest BCUT2D eigenvalue weighted by atomic mass is 9.99. The molecule has 1 amide bonds. The summed E-state index contributed by atoms with van der Waals surface area (Å²) in [5, 5.41) is 11.7. The van der Waals surface area contributed by atoms with Crippen molar-refractivity contribution in [2.45, 2.75) is 43.7 Å². The summed E-state index contributed by atoms with van der Waals surface area (Å²) in [5.74, 6) is -0.936. The Kier molecular flexibility index (Phi) is 6.08. The summed E-state index contributed by atoms with van der Waals surface area (Å²) in [6.07, 6.45) is 1.50. The Morgan fingerprint density at radius 1 is 1.38 bits per heavy atom. The number of ether oxygens (including phenoxy) is 1. The molecule has 0 saturated heterocycles. The zero-order valence-electron chi connectivity index (χ0n) is 12.7. The molecule has 0 spiro atoms. The van der Waals surface area contributed by atoms with Crippen LogP contribution in [0, 0.1) is 0 Å². The Bertz CT molecular complexity index is 503. The number of carboxylic acid groups (broad SMARTS) is 1. The zero-order valence-corrected chi connectivity index (χ0v) is 13.5. The zero-order chi connectivity index (χ0) is 16.0. The lowest BCUT2D eigenvalue weighted by Gasteiger charge is -2.26. The molecular weight excluding hydrogens is 290 g/mol. The topological polar surface area (TPSA) is 75.6 Å². The van der Waals surface area contributed by atoms with E-state index >= 15 is 0 Å². The molecule has 6 heteroatoms. The highest BCUT2D eigenvalue weighted by Gasteiger charge is 2.34. The van der Waals surface area contributed by atoms with Gasteiger partial charge in [0.1, 0.15) is 11.3 Å². The minimum Gasteiger partial charge on any atom is -0.481 e. The van der Waals surface area contributed by atoms with Crippen molar-refractivity contribution in [1.29, 1.82) is 0 Å². The number of benzene rings is 1. The Morgan fingerprint density at radius 2 is 1.95 bits per heavy atom. The van der Waals surface area contributed by atoms with Crippen molar-refractivity contribution in [3.63, 3.8) is 0 Å². The first-order valence-electron chi connectivity index (χ1n) is 6.68. The van der Waals surface area contributed by atoms with Crippen LogP contribution in [0.2, 0.25) is 0 Å². The maximum atomic E-state index is 12.0. The van der Waals surface area contributed by atoms with Gasteiger partial charge in [0, 0.05) is 4.90 Å². The summed E-state index contributed by atoms with van der Waals surface area (Å²) in [4.78, 5) is 24.3. The number of rotatable bonds is 7. The van der Waals surface area contributed by atoms with E-state index in [9.17, 15) is 9.59 Å². The number of nitrogens with one attached hydrogen (secondary N) is 1. The number of carboxylic acids is 1. The van der Waals surface area contributed by atoms with Gasteiger partial charge in [0.2, 0.25) is 0 Å². The number of aliphatic carboxylic acids is 1. The van der Waals surface area contributed by atoms with Gasteiger partial charge in [0.15, 0.2) is 6.10 Å². The summed E-state index contributed by atoms with van der Waals surface area (Å²) in [7, 11) is 0. The van der Waals surface area contributed by atoms with Crippen LogP contribution in [-0.4, -0.2) is 34.9 Å². The molecule has 0 aliphatic heterocycles. The van der Waals surface area contributed by atoms with Crippen LogP contribution in [0.5, 0.6) is 5.75 Å². The summed E-state index contributed by atoms with van der Waals surface area (Å²) in [6, 6.07) is 7.37. The average molecular weight is 311 g/mol. The molecule has 0 aliphatic rings. The van der Waals surface area contributed by atoms with Crippen molar-refractivity contribution in [1.82, 2.24) is 5.32 Å².